The number of anilines is 2. The normalized spacial score (nSPS) is 25.7. The number of amides is 2. The number of nitrogens with one attached hydrogen (secondary N) is 1. The summed E-state index contributed by atoms with van der Waals surface area (Å²) in [5, 5.41) is 1.87. The van der Waals surface area contributed by atoms with E-state index in [0.717, 1.165) is 17.6 Å². The summed E-state index contributed by atoms with van der Waals surface area (Å²) in [4.78, 5) is 38.1. The van der Waals surface area contributed by atoms with Gasteiger partial charge in [-0.2, -0.15) is 9.29 Å². The Balaban J connectivity index is 1.24. The van der Waals surface area contributed by atoms with Gasteiger partial charge in [0, 0.05) is 45.3 Å². The Hall–Kier alpha value is -3.00. The maximum absolute atomic E-state index is 13.1. The molecule has 11 nitrogen and oxygen atoms in total. The van der Waals surface area contributed by atoms with E-state index < -0.39 is 21.2 Å². The van der Waals surface area contributed by atoms with Gasteiger partial charge >= 0.3 is 0 Å². The predicted octanol–water partition coefficient (Wildman–Crippen LogP) is 1.39. The summed E-state index contributed by atoms with van der Waals surface area (Å²) in [7, 11) is -3.52. The summed E-state index contributed by atoms with van der Waals surface area (Å²) < 4.78 is 33.3. The van der Waals surface area contributed by atoms with Crippen LogP contribution >= 0.6 is 11.8 Å². The predicted molar refractivity (Wildman–Crippen MR) is 139 cm³/mol. The van der Waals surface area contributed by atoms with Crippen molar-refractivity contribution in [3.63, 3.8) is 0 Å². The van der Waals surface area contributed by atoms with Crippen LogP contribution in [-0.2, 0) is 19.6 Å². The highest BCUT2D eigenvalue weighted by atomic mass is 32.2. The molecule has 2 atom stereocenters. The maximum Gasteiger partial charge on any atom is 0.290 e. The lowest BCUT2D eigenvalue weighted by Gasteiger charge is -2.29. The highest BCUT2D eigenvalue weighted by molar-refractivity contribution is 8.18. The number of carbonyl (C=O) groups is 2. The van der Waals surface area contributed by atoms with E-state index in [2.05, 4.69) is 15.1 Å². The van der Waals surface area contributed by atoms with Crippen LogP contribution in [0.4, 0.5) is 16.6 Å². The van der Waals surface area contributed by atoms with Gasteiger partial charge in [-0.1, -0.05) is 18.2 Å². The van der Waals surface area contributed by atoms with Crippen LogP contribution in [0, 0.1) is 11.8 Å². The molecule has 37 heavy (non-hydrogen) atoms. The molecule has 1 aromatic heterocycles. The first-order chi connectivity index (χ1) is 17.9. The van der Waals surface area contributed by atoms with Crippen molar-refractivity contribution in [2.75, 3.05) is 62.3 Å². The van der Waals surface area contributed by atoms with Crippen molar-refractivity contribution in [2.45, 2.75) is 4.90 Å². The van der Waals surface area contributed by atoms with E-state index in [1.54, 1.807) is 40.7 Å². The number of carbonyl (C=O) groups excluding carboxylic acids is 2. The zero-order valence-electron chi connectivity index (χ0n) is 19.9. The van der Waals surface area contributed by atoms with Gasteiger partial charge in [0.2, 0.25) is 16.0 Å². The second-order valence-corrected chi connectivity index (χ2v) is 12.4. The molecule has 0 aliphatic carbocycles. The van der Waals surface area contributed by atoms with E-state index in [1.165, 1.54) is 0 Å². The molecule has 4 aliphatic rings. The van der Waals surface area contributed by atoms with Gasteiger partial charge in [-0.05, 0) is 41.8 Å². The molecule has 4 saturated heterocycles. The van der Waals surface area contributed by atoms with Gasteiger partial charge in [-0.3, -0.25) is 14.9 Å². The van der Waals surface area contributed by atoms with Crippen molar-refractivity contribution in [2.24, 2.45) is 11.8 Å². The fourth-order valence-electron chi connectivity index (χ4n) is 5.22. The number of benzene rings is 1. The molecule has 194 valence electrons. The minimum atomic E-state index is -3.52. The maximum atomic E-state index is 13.1. The van der Waals surface area contributed by atoms with Crippen molar-refractivity contribution < 1.29 is 22.7 Å². The Morgan fingerprint density at radius 1 is 0.973 bits per heavy atom. The van der Waals surface area contributed by atoms with Crippen molar-refractivity contribution in [1.82, 2.24) is 19.6 Å². The van der Waals surface area contributed by atoms with Crippen molar-refractivity contribution in [3.8, 4) is 0 Å². The smallest absolute Gasteiger partial charge is 0.290 e. The molecule has 1 aromatic carbocycles. The molecule has 5 heterocycles. The second-order valence-electron chi connectivity index (χ2n) is 9.46. The van der Waals surface area contributed by atoms with Crippen LogP contribution < -0.4 is 15.1 Å². The fraction of sp³-hybridized carbons (Fsp3) is 0.417. The van der Waals surface area contributed by atoms with Gasteiger partial charge in [0.15, 0.2) is 0 Å². The highest BCUT2D eigenvalue weighted by Crippen LogP contribution is 2.36. The molecule has 13 heteroatoms. The van der Waals surface area contributed by atoms with Crippen molar-refractivity contribution in [3.05, 3.63) is 47.0 Å². The van der Waals surface area contributed by atoms with E-state index in [-0.39, 0.29) is 11.8 Å². The molecule has 2 unspecified atom stereocenters. The van der Waals surface area contributed by atoms with Crippen molar-refractivity contribution >= 4 is 50.8 Å². The molecule has 2 aromatic rings. The first-order valence-corrected chi connectivity index (χ1v) is 14.4. The van der Waals surface area contributed by atoms with E-state index in [4.69, 9.17) is 14.7 Å². The quantitative estimate of drug-likeness (QED) is 0.554. The van der Waals surface area contributed by atoms with Crippen LogP contribution in [0.15, 0.2) is 46.2 Å². The third-order valence-electron chi connectivity index (χ3n) is 7.09. The van der Waals surface area contributed by atoms with E-state index in [9.17, 15) is 18.0 Å². The molecule has 4 fully saturated rings. The molecule has 0 radical (unpaired) electrons. The van der Waals surface area contributed by atoms with Gasteiger partial charge in [-0.25, -0.2) is 13.4 Å². The number of sulfonamides is 1. The van der Waals surface area contributed by atoms with Crippen LogP contribution in [0.3, 0.4) is 0 Å². The molecule has 0 spiro atoms. The fourth-order valence-corrected chi connectivity index (χ4v) is 7.46. The summed E-state index contributed by atoms with van der Waals surface area (Å²) in [5.41, 5.74) is 0.546. The van der Waals surface area contributed by atoms with E-state index in [0.29, 0.717) is 73.9 Å². The molecular formula is C24H26N6O5S2. The monoisotopic (exact) mass is 542 g/mol. The lowest BCUT2D eigenvalue weighted by atomic mass is 10.0. The molecule has 4 aliphatic heterocycles. The minimum absolute atomic E-state index is 0.171. The average molecular weight is 543 g/mol. The number of morpholine rings is 1. The first-order valence-electron chi connectivity index (χ1n) is 12.1. The standard InChI is InChI=1S/C24H26N6O5S2/c31-22-20(36-24(32)27-22)10-18-11-21(28-6-8-35-9-7-28)26-23(25-18)29-12-16-14-30(15-17(16)13-29)37(33,34)19-4-2-1-3-5-19/h1-5,10-11,16-17H,6-9,12-15H2,(H,27,31,32)/b20-10-. The molecule has 1 N–H and O–H groups in total. The zero-order valence-corrected chi connectivity index (χ0v) is 21.6. The summed E-state index contributed by atoms with van der Waals surface area (Å²) in [6.45, 7) is 4.78. The Bertz CT molecular complexity index is 1350. The third-order valence-corrected chi connectivity index (χ3v) is 9.75. The molecule has 2 amide bonds. The average Bonchev–Trinajstić information content (AvgIpc) is 3.58. The van der Waals surface area contributed by atoms with Gasteiger partial charge in [0.05, 0.1) is 28.7 Å². The van der Waals surface area contributed by atoms with Crippen molar-refractivity contribution in [1.29, 1.82) is 0 Å². The molecular weight excluding hydrogens is 516 g/mol. The number of aromatic nitrogens is 2. The SMILES string of the molecule is O=C1NC(=O)/C(=C/c2cc(N3CCOCC3)nc(N3CC4CN(S(=O)(=O)c5ccccc5)CC4C3)n2)S1. The zero-order chi connectivity index (χ0) is 25.6. The Labute approximate surface area is 218 Å². The number of imide groups is 1. The lowest BCUT2D eigenvalue weighted by molar-refractivity contribution is -0.115. The lowest BCUT2D eigenvalue weighted by Crippen LogP contribution is -2.37. The Morgan fingerprint density at radius 2 is 1.68 bits per heavy atom. The van der Waals surface area contributed by atoms with Crippen LogP contribution in [-0.4, -0.2) is 86.3 Å². The van der Waals surface area contributed by atoms with Crippen LogP contribution in [0.2, 0.25) is 0 Å². The van der Waals surface area contributed by atoms with Gasteiger partial charge in [0.25, 0.3) is 11.1 Å². The first kappa shape index (κ1) is 24.3. The number of hydrogen-bond donors (Lipinski definition) is 1. The second kappa shape index (κ2) is 9.71. The van der Waals surface area contributed by atoms with Crippen LogP contribution in [0.25, 0.3) is 6.08 Å². The van der Waals surface area contributed by atoms with Crippen LogP contribution in [0.1, 0.15) is 5.69 Å². The number of hydrogen-bond acceptors (Lipinski definition) is 10. The molecule has 6 rings (SSSR count). The number of ether oxygens (including phenoxy) is 1. The number of nitrogens with zero attached hydrogens (tertiary/aromatic N) is 5. The van der Waals surface area contributed by atoms with Crippen LogP contribution in [0.5, 0.6) is 0 Å². The van der Waals surface area contributed by atoms with E-state index >= 15 is 0 Å². The summed E-state index contributed by atoms with van der Waals surface area (Å²) in [6, 6.07) is 10.4. The third kappa shape index (κ3) is 4.83. The highest BCUT2D eigenvalue weighted by Gasteiger charge is 2.45. The Morgan fingerprint density at radius 3 is 2.32 bits per heavy atom. The summed E-state index contributed by atoms with van der Waals surface area (Å²) in [6.07, 6.45) is 1.62. The minimum Gasteiger partial charge on any atom is -0.378 e. The topological polar surface area (TPSA) is 125 Å². The number of thioether (sulfide) groups is 1. The van der Waals surface area contributed by atoms with E-state index in [1.807, 2.05) is 6.07 Å². The molecule has 0 bridgehead atoms. The van der Waals surface area contributed by atoms with Gasteiger partial charge in [-0.15, -0.1) is 0 Å². The Kier molecular flexibility index (Phi) is 6.39. The van der Waals surface area contributed by atoms with Gasteiger partial charge in [0.1, 0.15) is 5.82 Å². The summed E-state index contributed by atoms with van der Waals surface area (Å²) in [5.74, 6) is 1.19. The largest absolute Gasteiger partial charge is 0.378 e. The summed E-state index contributed by atoms with van der Waals surface area (Å²) >= 11 is 0.854. The van der Waals surface area contributed by atoms with Gasteiger partial charge < -0.3 is 14.5 Å². The molecule has 0 saturated carbocycles. The number of rotatable bonds is 5. The number of fused-ring (bicyclic) bond motifs is 1.